The highest BCUT2D eigenvalue weighted by atomic mass is 15.2. The number of nitrogens with zero attached hydrogens (tertiary/aromatic N) is 6. The summed E-state index contributed by atoms with van der Waals surface area (Å²) >= 11 is 0. The number of rotatable bonds is 23. The number of hydrogen-bond donors (Lipinski definition) is 0. The SMILES string of the molecule is c1ccc(-c2ccc(N(c3ccc(-c4ccc(N(c5ccccc5)c5ccccc5)cc4)cc3)c3ccc(-c4ccc(N(c5ccccc5)c5ccccc5)cc4)cc3)cc2)cc1.c1ccc(N(c2ccc(-c3ccc(N(c4ccccc4)c4cccc5ccccc45)cc3)cc2)c2ccc(-c3ccc(N(c4ccccc4)c4cccc5ccccc45)cc3)cc2)cc1. The Morgan fingerprint density at radius 3 is 0.414 bits per heavy atom. The van der Waals surface area contributed by atoms with E-state index in [9.17, 15) is 0 Å². The first-order chi connectivity index (χ1) is 63.5. The first kappa shape index (κ1) is 79.4. The lowest BCUT2D eigenvalue weighted by Gasteiger charge is -2.27. The molecule has 0 N–H and O–H groups in total. The molecule has 0 radical (unpaired) electrons. The van der Waals surface area contributed by atoms with Gasteiger partial charge < -0.3 is 29.4 Å². The van der Waals surface area contributed by atoms with Crippen molar-refractivity contribution in [2.75, 3.05) is 29.4 Å². The van der Waals surface area contributed by atoms with Crippen molar-refractivity contribution in [3.8, 4) is 55.6 Å². The largest absolute Gasteiger partial charge is 0.311 e. The van der Waals surface area contributed by atoms with Crippen molar-refractivity contribution in [3.63, 3.8) is 0 Å². The average molecular weight is 1640 g/mol. The molecule has 608 valence electrons. The predicted molar refractivity (Wildman–Crippen MR) is 543 cm³/mol. The zero-order valence-corrected chi connectivity index (χ0v) is 70.6. The summed E-state index contributed by atoms with van der Waals surface area (Å²) in [5.74, 6) is 0. The van der Waals surface area contributed by atoms with E-state index < -0.39 is 0 Å². The molecule has 0 heterocycles. The van der Waals surface area contributed by atoms with Gasteiger partial charge >= 0.3 is 0 Å². The van der Waals surface area contributed by atoms with Crippen LogP contribution < -0.4 is 29.4 Å². The first-order valence-corrected chi connectivity index (χ1v) is 43.6. The maximum atomic E-state index is 2.35. The third-order valence-corrected chi connectivity index (χ3v) is 23.7. The van der Waals surface area contributed by atoms with E-state index in [0.29, 0.717) is 0 Å². The van der Waals surface area contributed by atoms with Gasteiger partial charge in [-0.05, 0) is 273 Å². The molecule has 0 unspecified atom stereocenters. The van der Waals surface area contributed by atoms with Gasteiger partial charge in [-0.1, -0.05) is 340 Å². The Morgan fingerprint density at radius 2 is 0.219 bits per heavy atom. The Morgan fingerprint density at radius 1 is 0.0859 bits per heavy atom. The van der Waals surface area contributed by atoms with Crippen molar-refractivity contribution >= 4 is 124 Å². The minimum Gasteiger partial charge on any atom is -0.311 e. The van der Waals surface area contributed by atoms with Crippen LogP contribution in [0.4, 0.5) is 102 Å². The predicted octanol–water partition coefficient (Wildman–Crippen LogP) is 34.8. The minimum absolute atomic E-state index is 1.08. The Kier molecular flexibility index (Phi) is 23.2. The number of para-hydroxylation sites is 7. The molecule has 0 aliphatic rings. The maximum Gasteiger partial charge on any atom is 0.0540 e. The van der Waals surface area contributed by atoms with Crippen molar-refractivity contribution in [1.29, 1.82) is 0 Å². The van der Waals surface area contributed by atoms with Crippen molar-refractivity contribution in [2.45, 2.75) is 0 Å². The molecule has 0 aromatic heterocycles. The highest BCUT2D eigenvalue weighted by molar-refractivity contribution is 6.01. The molecular weight excluding hydrogens is 1550 g/mol. The zero-order valence-electron chi connectivity index (χ0n) is 70.6. The van der Waals surface area contributed by atoms with E-state index in [0.717, 1.165) is 147 Å². The van der Waals surface area contributed by atoms with E-state index in [1.807, 2.05) is 0 Å². The van der Waals surface area contributed by atoms with Gasteiger partial charge in [-0.2, -0.15) is 0 Å². The van der Waals surface area contributed by atoms with Crippen LogP contribution in [0.3, 0.4) is 0 Å². The van der Waals surface area contributed by atoms with Gasteiger partial charge in [0, 0.05) is 102 Å². The summed E-state index contributed by atoms with van der Waals surface area (Å²) in [7, 11) is 0. The number of anilines is 18. The van der Waals surface area contributed by atoms with Crippen LogP contribution in [0.15, 0.2) is 546 Å². The van der Waals surface area contributed by atoms with E-state index in [1.54, 1.807) is 0 Å². The van der Waals surface area contributed by atoms with Crippen molar-refractivity contribution in [2.24, 2.45) is 0 Å². The molecule has 21 aromatic carbocycles. The van der Waals surface area contributed by atoms with E-state index >= 15 is 0 Å². The number of benzene rings is 21. The van der Waals surface area contributed by atoms with Gasteiger partial charge in [0.25, 0.3) is 0 Å². The molecule has 0 saturated heterocycles. The molecule has 6 heteroatoms. The van der Waals surface area contributed by atoms with Crippen LogP contribution in [0.25, 0.3) is 77.2 Å². The van der Waals surface area contributed by atoms with Gasteiger partial charge in [0.1, 0.15) is 0 Å². The summed E-state index contributed by atoms with van der Waals surface area (Å²) in [4.78, 5) is 13.9. The number of hydrogen-bond acceptors (Lipinski definition) is 6. The van der Waals surface area contributed by atoms with Crippen molar-refractivity contribution in [1.82, 2.24) is 0 Å². The highest BCUT2D eigenvalue weighted by Gasteiger charge is 2.22. The second-order valence-corrected chi connectivity index (χ2v) is 31.6. The quantitative estimate of drug-likeness (QED) is 0.0631. The van der Waals surface area contributed by atoms with Crippen LogP contribution in [0.1, 0.15) is 0 Å². The van der Waals surface area contributed by atoms with E-state index in [2.05, 4.69) is 575 Å². The Balaban J connectivity index is 0.000000161. The van der Waals surface area contributed by atoms with E-state index in [-0.39, 0.29) is 0 Å². The Labute approximate surface area is 749 Å². The summed E-state index contributed by atoms with van der Waals surface area (Å²) in [5, 5.41) is 4.87. The van der Waals surface area contributed by atoms with E-state index in [1.165, 1.54) is 32.7 Å². The van der Waals surface area contributed by atoms with E-state index in [4.69, 9.17) is 0 Å². The van der Waals surface area contributed by atoms with Gasteiger partial charge in [0.05, 0.1) is 11.4 Å². The van der Waals surface area contributed by atoms with Gasteiger partial charge in [0.2, 0.25) is 0 Å². The van der Waals surface area contributed by atoms with Crippen LogP contribution >= 0.6 is 0 Å². The lowest BCUT2D eigenvalue weighted by atomic mass is 10.0. The molecule has 6 nitrogen and oxygen atoms in total. The molecular formula is C122H90N6. The summed E-state index contributed by atoms with van der Waals surface area (Å²) in [5.41, 5.74) is 31.7. The zero-order chi connectivity index (χ0) is 85.6. The molecule has 0 fully saturated rings. The monoisotopic (exact) mass is 1640 g/mol. The molecule has 21 aromatic rings. The molecule has 0 amide bonds. The maximum absolute atomic E-state index is 2.35. The molecule has 0 saturated carbocycles. The van der Waals surface area contributed by atoms with Crippen molar-refractivity contribution < 1.29 is 0 Å². The van der Waals surface area contributed by atoms with Gasteiger partial charge in [-0.3, -0.25) is 0 Å². The third kappa shape index (κ3) is 17.3. The fourth-order valence-corrected chi connectivity index (χ4v) is 17.3. The van der Waals surface area contributed by atoms with Crippen LogP contribution in [-0.4, -0.2) is 0 Å². The second-order valence-electron chi connectivity index (χ2n) is 31.6. The molecule has 0 spiro atoms. The normalized spacial score (nSPS) is 11.0. The second kappa shape index (κ2) is 37.3. The lowest BCUT2D eigenvalue weighted by Crippen LogP contribution is -2.10. The fraction of sp³-hybridized carbons (Fsp3) is 0. The van der Waals surface area contributed by atoms with Crippen LogP contribution in [-0.2, 0) is 0 Å². The van der Waals surface area contributed by atoms with Crippen LogP contribution in [0, 0.1) is 0 Å². The summed E-state index contributed by atoms with van der Waals surface area (Å²) in [6, 6.07) is 195. The molecule has 0 bridgehead atoms. The Bertz CT molecular complexity index is 6720. The summed E-state index contributed by atoms with van der Waals surface area (Å²) < 4.78 is 0. The summed E-state index contributed by atoms with van der Waals surface area (Å²) in [6.45, 7) is 0. The topological polar surface area (TPSA) is 19.4 Å². The van der Waals surface area contributed by atoms with Crippen LogP contribution in [0.5, 0.6) is 0 Å². The lowest BCUT2D eigenvalue weighted by molar-refractivity contribution is 1.28. The van der Waals surface area contributed by atoms with Crippen molar-refractivity contribution in [3.05, 3.63) is 546 Å². The minimum atomic E-state index is 1.08. The third-order valence-electron chi connectivity index (χ3n) is 23.7. The summed E-state index contributed by atoms with van der Waals surface area (Å²) in [6.07, 6.45) is 0. The smallest absolute Gasteiger partial charge is 0.0540 e. The molecule has 128 heavy (non-hydrogen) atoms. The molecule has 21 rings (SSSR count). The van der Waals surface area contributed by atoms with Crippen LogP contribution in [0.2, 0.25) is 0 Å². The number of fused-ring (bicyclic) bond motifs is 2. The van der Waals surface area contributed by atoms with Gasteiger partial charge in [-0.25, -0.2) is 0 Å². The Hall–Kier alpha value is -17.1. The average Bonchev–Trinajstić information content (AvgIpc) is 0.791. The fourth-order valence-electron chi connectivity index (χ4n) is 17.3. The molecule has 0 aliphatic heterocycles. The van der Waals surface area contributed by atoms with Gasteiger partial charge in [-0.15, -0.1) is 0 Å². The standard InChI is InChI=1S/C62H45N3.C60H45N3/c1-4-20-52(21-5-1)63(55-38-30-46(31-39-55)48-34-42-57(43-35-48)64(53-22-6-2-7-23-53)61-28-14-18-50-16-10-12-26-59(50)61)56-40-32-47(33-41-56)49-36-44-58(45-37-49)65(54-24-8-3-9-25-54)62-29-15-19-51-17-11-13-27-60(51)62;1-6-16-46(17-7-1)47-26-36-58(37-27-47)63(59-42-32-50(33-43-59)48-28-38-56(39-29-48)61(52-18-8-2-9-19-52)53-20-10-3-11-21-53)60-44-34-51(35-45-60)49-30-40-57(41-31-49)62(54-22-12-4-13-23-54)55-24-14-5-15-25-55/h1-45H;1-45H. The highest BCUT2D eigenvalue weighted by Crippen LogP contribution is 2.46. The first-order valence-electron chi connectivity index (χ1n) is 43.6. The van der Waals surface area contributed by atoms with Gasteiger partial charge in [0.15, 0.2) is 0 Å². The molecule has 0 atom stereocenters. The molecule has 0 aliphatic carbocycles.